The van der Waals surface area contributed by atoms with Gasteiger partial charge in [-0.15, -0.1) is 0 Å². The highest BCUT2D eigenvalue weighted by atomic mass is 14.9. The maximum atomic E-state index is 5.26. The Hall–Kier alpha value is -6.64. The summed E-state index contributed by atoms with van der Waals surface area (Å²) in [7, 11) is 0. The summed E-state index contributed by atoms with van der Waals surface area (Å²) in [5.41, 5.74) is 15.1. The summed E-state index contributed by atoms with van der Waals surface area (Å²) >= 11 is 0. The molecule has 0 N–H and O–H groups in total. The second kappa shape index (κ2) is 12.3. The van der Waals surface area contributed by atoms with Crippen LogP contribution in [0, 0.1) is 0 Å². The third-order valence-electron chi connectivity index (χ3n) is 11.1. The maximum Gasteiger partial charge on any atom is 0.160 e. The lowest BCUT2D eigenvalue weighted by molar-refractivity contribution is 0.661. The van der Waals surface area contributed by atoms with Crippen molar-refractivity contribution in [2.75, 3.05) is 0 Å². The predicted octanol–water partition coefficient (Wildman–Crippen LogP) is 13.4. The third-order valence-corrected chi connectivity index (χ3v) is 11.1. The van der Waals surface area contributed by atoms with E-state index in [-0.39, 0.29) is 5.41 Å². The Labute approximate surface area is 310 Å². The summed E-state index contributed by atoms with van der Waals surface area (Å²) in [6.07, 6.45) is 0. The largest absolute Gasteiger partial charge is 0.228 e. The average Bonchev–Trinajstić information content (AvgIpc) is 3.46. The molecule has 2 nitrogen and oxygen atoms in total. The van der Waals surface area contributed by atoms with Gasteiger partial charge < -0.3 is 0 Å². The van der Waals surface area contributed by atoms with Crippen molar-refractivity contribution in [3.8, 4) is 67.3 Å². The number of nitrogens with zero attached hydrogens (tertiary/aromatic N) is 2. The highest BCUT2D eigenvalue weighted by Crippen LogP contribution is 2.53. The second-order valence-corrected chi connectivity index (χ2v) is 14.5. The smallest absolute Gasteiger partial charge is 0.160 e. The minimum atomic E-state index is -0.108. The van der Waals surface area contributed by atoms with Gasteiger partial charge in [-0.2, -0.15) is 0 Å². The van der Waals surface area contributed by atoms with E-state index in [1.807, 2.05) is 18.2 Å². The Morgan fingerprint density at radius 3 is 1.64 bits per heavy atom. The van der Waals surface area contributed by atoms with Crippen molar-refractivity contribution in [1.29, 1.82) is 0 Å². The van der Waals surface area contributed by atoms with Crippen molar-refractivity contribution in [2.45, 2.75) is 19.3 Å². The third kappa shape index (κ3) is 5.10. The highest BCUT2D eigenvalue weighted by Gasteiger charge is 2.37. The Kier molecular flexibility index (Phi) is 7.19. The van der Waals surface area contributed by atoms with Gasteiger partial charge in [-0.1, -0.05) is 178 Å². The van der Waals surface area contributed by atoms with Gasteiger partial charge in [-0.25, -0.2) is 9.97 Å². The fourth-order valence-corrected chi connectivity index (χ4v) is 8.47. The van der Waals surface area contributed by atoms with Crippen LogP contribution in [-0.4, -0.2) is 9.97 Å². The van der Waals surface area contributed by atoms with Crippen LogP contribution in [0.1, 0.15) is 25.0 Å². The maximum absolute atomic E-state index is 5.26. The van der Waals surface area contributed by atoms with Crippen LogP contribution < -0.4 is 0 Å². The van der Waals surface area contributed by atoms with Crippen molar-refractivity contribution in [2.24, 2.45) is 0 Å². The van der Waals surface area contributed by atoms with Gasteiger partial charge in [0.2, 0.25) is 0 Å². The molecule has 0 saturated carbocycles. The molecule has 1 heterocycles. The summed E-state index contributed by atoms with van der Waals surface area (Å²) in [6, 6.07) is 65.3. The Morgan fingerprint density at radius 1 is 0.340 bits per heavy atom. The normalized spacial score (nSPS) is 12.9. The highest BCUT2D eigenvalue weighted by molar-refractivity contribution is 6.14. The molecule has 250 valence electrons. The topological polar surface area (TPSA) is 25.8 Å². The van der Waals surface area contributed by atoms with Crippen LogP contribution in [0.3, 0.4) is 0 Å². The van der Waals surface area contributed by atoms with Gasteiger partial charge in [0.25, 0.3) is 0 Å². The van der Waals surface area contributed by atoms with Crippen LogP contribution in [0.4, 0.5) is 0 Å². The summed E-state index contributed by atoms with van der Waals surface area (Å²) in [5.74, 6) is 0.711. The molecule has 0 spiro atoms. The van der Waals surface area contributed by atoms with Gasteiger partial charge in [-0.3, -0.25) is 0 Å². The van der Waals surface area contributed by atoms with E-state index in [0.29, 0.717) is 5.82 Å². The fraction of sp³-hybridized carbons (Fsp3) is 0.0588. The van der Waals surface area contributed by atoms with Crippen LogP contribution >= 0.6 is 0 Å². The molecule has 1 aliphatic rings. The van der Waals surface area contributed by atoms with E-state index in [1.165, 1.54) is 60.5 Å². The number of fused-ring (bicyclic) bond motifs is 6. The molecule has 9 aromatic rings. The molecular weight excluding hydrogens is 641 g/mol. The van der Waals surface area contributed by atoms with Gasteiger partial charge in [0.15, 0.2) is 5.82 Å². The predicted molar refractivity (Wildman–Crippen MR) is 222 cm³/mol. The van der Waals surface area contributed by atoms with Crippen molar-refractivity contribution in [3.05, 3.63) is 193 Å². The Morgan fingerprint density at radius 2 is 0.887 bits per heavy atom. The number of rotatable bonds is 5. The molecule has 0 fully saturated rings. The molecule has 0 bridgehead atoms. The van der Waals surface area contributed by atoms with E-state index in [0.717, 1.165) is 33.6 Å². The van der Waals surface area contributed by atoms with Gasteiger partial charge in [0.05, 0.1) is 11.4 Å². The molecule has 0 atom stereocenters. The average molecular weight is 677 g/mol. The molecule has 0 aliphatic heterocycles. The first kappa shape index (κ1) is 31.1. The lowest BCUT2D eigenvalue weighted by atomic mass is 9.80. The van der Waals surface area contributed by atoms with Crippen LogP contribution in [0.25, 0.3) is 88.8 Å². The standard InChI is InChI=1S/C51H36N2/c1-51(2)45-27-14-13-26-43(45)49-42-25-12-11-24-39(42)44(31-46(49)51)40-28-29-41(38-23-10-9-22-37(38)40)48-32-47(52-50(53-48)34-18-7-4-8-19-34)36-21-15-20-35(30-36)33-16-5-3-6-17-33/h3-32H,1-2H3. The van der Waals surface area contributed by atoms with Gasteiger partial charge in [-0.05, 0) is 84.3 Å². The van der Waals surface area contributed by atoms with Crippen molar-refractivity contribution >= 4 is 21.5 Å². The molecule has 10 rings (SSSR count). The number of hydrogen-bond donors (Lipinski definition) is 0. The first-order chi connectivity index (χ1) is 26.0. The molecular formula is C51H36N2. The Bertz CT molecular complexity index is 2850. The molecule has 0 unspecified atom stereocenters. The van der Waals surface area contributed by atoms with E-state index in [1.54, 1.807) is 0 Å². The van der Waals surface area contributed by atoms with Gasteiger partial charge in [0.1, 0.15) is 0 Å². The Balaban J connectivity index is 1.18. The van der Waals surface area contributed by atoms with E-state index in [2.05, 4.69) is 178 Å². The lowest BCUT2D eigenvalue weighted by Crippen LogP contribution is -2.15. The molecule has 8 aromatic carbocycles. The minimum absolute atomic E-state index is 0.108. The first-order valence-electron chi connectivity index (χ1n) is 18.3. The van der Waals surface area contributed by atoms with Gasteiger partial charge in [0, 0.05) is 22.1 Å². The molecule has 0 amide bonds. The SMILES string of the molecule is CC1(C)c2ccccc2-c2c1cc(-c1ccc(-c3cc(-c4cccc(-c5ccccc5)c4)nc(-c4ccccc4)n3)c3ccccc13)c1ccccc21. The zero-order chi connectivity index (χ0) is 35.5. The zero-order valence-electron chi connectivity index (χ0n) is 29.7. The molecule has 0 radical (unpaired) electrons. The van der Waals surface area contributed by atoms with Crippen LogP contribution in [-0.2, 0) is 5.41 Å². The van der Waals surface area contributed by atoms with Crippen LogP contribution in [0.15, 0.2) is 182 Å². The van der Waals surface area contributed by atoms with E-state index >= 15 is 0 Å². The first-order valence-corrected chi connectivity index (χ1v) is 18.3. The van der Waals surface area contributed by atoms with E-state index in [9.17, 15) is 0 Å². The zero-order valence-corrected chi connectivity index (χ0v) is 29.7. The quantitative estimate of drug-likeness (QED) is 0.181. The number of hydrogen-bond acceptors (Lipinski definition) is 2. The van der Waals surface area contributed by atoms with Gasteiger partial charge >= 0.3 is 0 Å². The monoisotopic (exact) mass is 676 g/mol. The molecule has 1 aromatic heterocycles. The van der Waals surface area contributed by atoms with Crippen molar-refractivity contribution in [1.82, 2.24) is 9.97 Å². The summed E-state index contributed by atoms with van der Waals surface area (Å²) in [5, 5.41) is 4.94. The molecule has 0 saturated heterocycles. The van der Waals surface area contributed by atoms with E-state index in [4.69, 9.17) is 9.97 Å². The minimum Gasteiger partial charge on any atom is -0.228 e. The molecule has 53 heavy (non-hydrogen) atoms. The second-order valence-electron chi connectivity index (χ2n) is 14.5. The fourth-order valence-electron chi connectivity index (χ4n) is 8.47. The van der Waals surface area contributed by atoms with E-state index < -0.39 is 0 Å². The number of aromatic nitrogens is 2. The van der Waals surface area contributed by atoms with Crippen LogP contribution in [0.2, 0.25) is 0 Å². The summed E-state index contributed by atoms with van der Waals surface area (Å²) in [4.78, 5) is 10.4. The lowest BCUT2D eigenvalue weighted by Gasteiger charge is -2.23. The number of benzene rings is 8. The summed E-state index contributed by atoms with van der Waals surface area (Å²) in [6.45, 7) is 4.73. The van der Waals surface area contributed by atoms with Crippen molar-refractivity contribution < 1.29 is 0 Å². The molecule has 1 aliphatic carbocycles. The van der Waals surface area contributed by atoms with Crippen LogP contribution in [0.5, 0.6) is 0 Å². The van der Waals surface area contributed by atoms with Crippen molar-refractivity contribution in [3.63, 3.8) is 0 Å². The molecule has 2 heteroatoms. The summed E-state index contributed by atoms with van der Waals surface area (Å²) < 4.78 is 0.